The number of Topliss-reactive ketones (excluding diaryl/α,β-unsaturated/α-hetero) is 1. The molecule has 0 saturated heterocycles. The molecule has 0 spiro atoms. The minimum atomic E-state index is -0.0838. The molecule has 2 N–H and O–H groups in total. The summed E-state index contributed by atoms with van der Waals surface area (Å²) in [5.41, 5.74) is 5.82. The fourth-order valence-corrected chi connectivity index (χ4v) is 2.04. The zero-order valence-electron chi connectivity index (χ0n) is 10.9. The molecule has 1 aliphatic rings. The number of rotatable bonds is 7. The van der Waals surface area contributed by atoms with Crippen molar-refractivity contribution in [1.29, 1.82) is 0 Å². The van der Waals surface area contributed by atoms with Gasteiger partial charge in [-0.15, -0.1) is 0 Å². The van der Waals surface area contributed by atoms with Crippen LogP contribution in [0.2, 0.25) is 5.02 Å². The highest BCUT2D eigenvalue weighted by Gasteiger charge is 2.23. The second-order valence-corrected chi connectivity index (χ2v) is 5.11. The summed E-state index contributed by atoms with van der Waals surface area (Å²) in [6, 6.07) is 3.27. The number of ketones is 1. The van der Waals surface area contributed by atoms with Crippen molar-refractivity contribution in [2.75, 3.05) is 20.3 Å². The van der Waals surface area contributed by atoms with Gasteiger partial charge in [0.1, 0.15) is 0 Å². The summed E-state index contributed by atoms with van der Waals surface area (Å²) in [5.74, 6) is 1.68. The minimum absolute atomic E-state index is 0.0838. The van der Waals surface area contributed by atoms with Crippen LogP contribution in [0.15, 0.2) is 12.1 Å². The zero-order valence-corrected chi connectivity index (χ0v) is 11.7. The van der Waals surface area contributed by atoms with E-state index >= 15 is 0 Å². The van der Waals surface area contributed by atoms with Crippen molar-refractivity contribution in [3.05, 3.63) is 22.7 Å². The van der Waals surface area contributed by atoms with E-state index < -0.39 is 0 Å². The molecule has 0 unspecified atom stereocenters. The normalized spacial score (nSPS) is 14.3. The maximum Gasteiger partial charge on any atom is 0.165 e. The lowest BCUT2D eigenvalue weighted by Gasteiger charge is -2.13. The van der Waals surface area contributed by atoms with E-state index in [0.717, 1.165) is 0 Å². The van der Waals surface area contributed by atoms with Crippen LogP contribution in [0.5, 0.6) is 11.5 Å². The molecule has 1 aliphatic carbocycles. The lowest BCUT2D eigenvalue weighted by molar-refractivity contribution is 0.0985. The Morgan fingerprint density at radius 2 is 2.16 bits per heavy atom. The molecule has 4 nitrogen and oxygen atoms in total. The maximum atomic E-state index is 11.9. The number of hydrogen-bond donors (Lipinski definition) is 1. The molecule has 1 fully saturated rings. The number of carbonyl (C=O) groups is 1. The Labute approximate surface area is 117 Å². The average molecular weight is 284 g/mol. The molecular formula is C14H18ClNO3. The summed E-state index contributed by atoms with van der Waals surface area (Å²) in [7, 11) is 1.55. The molecule has 0 aliphatic heterocycles. The highest BCUT2D eigenvalue weighted by molar-refractivity contribution is 6.34. The summed E-state index contributed by atoms with van der Waals surface area (Å²) in [4.78, 5) is 11.9. The van der Waals surface area contributed by atoms with Crippen LogP contribution in [0.1, 0.15) is 29.6 Å². The lowest BCUT2D eigenvalue weighted by Crippen LogP contribution is -2.09. The van der Waals surface area contributed by atoms with Gasteiger partial charge in [-0.25, -0.2) is 0 Å². The highest BCUT2D eigenvalue weighted by Crippen LogP contribution is 2.36. The fraction of sp³-hybridized carbons (Fsp3) is 0.500. The third kappa shape index (κ3) is 3.61. The van der Waals surface area contributed by atoms with Gasteiger partial charge in [-0.1, -0.05) is 11.6 Å². The first-order valence-corrected chi connectivity index (χ1v) is 6.77. The molecule has 5 heteroatoms. The van der Waals surface area contributed by atoms with Crippen molar-refractivity contribution in [2.45, 2.75) is 19.3 Å². The first-order valence-electron chi connectivity index (χ1n) is 6.39. The van der Waals surface area contributed by atoms with Crippen LogP contribution in [0.4, 0.5) is 0 Å². The Kier molecular flexibility index (Phi) is 4.66. The van der Waals surface area contributed by atoms with Crippen LogP contribution in [-0.2, 0) is 0 Å². The van der Waals surface area contributed by atoms with Crippen LogP contribution in [-0.4, -0.2) is 26.0 Å². The number of carbonyl (C=O) groups excluding carboxylic acids is 1. The molecule has 104 valence electrons. The van der Waals surface area contributed by atoms with Gasteiger partial charge in [-0.05, 0) is 31.4 Å². The van der Waals surface area contributed by atoms with Gasteiger partial charge < -0.3 is 15.2 Å². The van der Waals surface area contributed by atoms with E-state index in [2.05, 4.69) is 0 Å². The predicted molar refractivity (Wildman–Crippen MR) is 74.2 cm³/mol. The molecule has 0 bridgehead atoms. The van der Waals surface area contributed by atoms with E-state index in [1.165, 1.54) is 12.8 Å². The molecule has 1 aromatic carbocycles. The molecule has 1 saturated carbocycles. The molecular weight excluding hydrogens is 266 g/mol. The summed E-state index contributed by atoms with van der Waals surface area (Å²) in [6.07, 6.45) is 2.69. The third-order valence-electron chi connectivity index (χ3n) is 3.10. The largest absolute Gasteiger partial charge is 0.493 e. The first kappa shape index (κ1) is 14.2. The van der Waals surface area contributed by atoms with E-state index in [-0.39, 0.29) is 12.2 Å². The predicted octanol–water partition coefficient (Wildman–Crippen LogP) is 2.67. The van der Waals surface area contributed by atoms with Gasteiger partial charge in [0.2, 0.25) is 0 Å². The Bertz CT molecular complexity index is 472. The van der Waals surface area contributed by atoms with Gasteiger partial charge in [0.15, 0.2) is 17.3 Å². The first-order chi connectivity index (χ1) is 9.15. The van der Waals surface area contributed by atoms with E-state index in [4.69, 9.17) is 26.8 Å². The molecule has 0 radical (unpaired) electrons. The van der Waals surface area contributed by atoms with Gasteiger partial charge in [-0.3, -0.25) is 4.79 Å². The minimum Gasteiger partial charge on any atom is -0.493 e. The van der Waals surface area contributed by atoms with Crippen LogP contribution in [0, 0.1) is 5.92 Å². The highest BCUT2D eigenvalue weighted by atomic mass is 35.5. The Morgan fingerprint density at radius 3 is 2.74 bits per heavy atom. The van der Waals surface area contributed by atoms with Gasteiger partial charge in [0.05, 0.1) is 18.7 Å². The number of ether oxygens (including phenoxy) is 2. The standard InChI is InChI=1S/C14H18ClNO3/c1-18-13-6-10(12(17)4-5-16)11(15)7-14(13)19-8-9-2-3-9/h6-7,9H,2-5,8,16H2,1H3. The van der Waals surface area contributed by atoms with Crippen LogP contribution < -0.4 is 15.2 Å². The van der Waals surface area contributed by atoms with E-state index in [0.29, 0.717) is 41.2 Å². The fourth-order valence-electron chi connectivity index (χ4n) is 1.78. The SMILES string of the molecule is COc1cc(C(=O)CCN)c(Cl)cc1OCC1CC1. The topological polar surface area (TPSA) is 61.5 Å². The number of methoxy groups -OCH3 is 1. The van der Waals surface area contributed by atoms with Crippen molar-refractivity contribution in [3.8, 4) is 11.5 Å². The summed E-state index contributed by atoms with van der Waals surface area (Å²) >= 11 is 6.12. The van der Waals surface area contributed by atoms with Crippen molar-refractivity contribution in [1.82, 2.24) is 0 Å². The smallest absolute Gasteiger partial charge is 0.165 e. The van der Waals surface area contributed by atoms with Crippen LogP contribution in [0.25, 0.3) is 0 Å². The van der Waals surface area contributed by atoms with Crippen molar-refractivity contribution in [2.24, 2.45) is 11.7 Å². The lowest BCUT2D eigenvalue weighted by atomic mass is 10.1. The molecule has 0 amide bonds. The van der Waals surface area contributed by atoms with Gasteiger partial charge in [0.25, 0.3) is 0 Å². The second kappa shape index (κ2) is 6.26. The van der Waals surface area contributed by atoms with Crippen molar-refractivity contribution < 1.29 is 14.3 Å². The maximum absolute atomic E-state index is 11.9. The summed E-state index contributed by atoms with van der Waals surface area (Å²) in [5, 5.41) is 0.380. The van der Waals surface area contributed by atoms with Crippen molar-refractivity contribution >= 4 is 17.4 Å². The molecule has 19 heavy (non-hydrogen) atoms. The molecule has 2 rings (SSSR count). The Morgan fingerprint density at radius 1 is 1.42 bits per heavy atom. The van der Waals surface area contributed by atoms with Crippen LogP contribution >= 0.6 is 11.6 Å². The van der Waals surface area contributed by atoms with E-state index in [1.54, 1.807) is 19.2 Å². The van der Waals surface area contributed by atoms with Crippen LogP contribution in [0.3, 0.4) is 0 Å². The second-order valence-electron chi connectivity index (χ2n) is 4.70. The quantitative estimate of drug-likeness (QED) is 0.782. The third-order valence-corrected chi connectivity index (χ3v) is 3.41. The molecule has 0 aromatic heterocycles. The van der Waals surface area contributed by atoms with Gasteiger partial charge in [-0.2, -0.15) is 0 Å². The van der Waals surface area contributed by atoms with E-state index in [1.807, 2.05) is 0 Å². The Hall–Kier alpha value is -1.26. The summed E-state index contributed by atoms with van der Waals surface area (Å²) in [6.45, 7) is 0.972. The average Bonchev–Trinajstić information content (AvgIpc) is 3.20. The monoisotopic (exact) mass is 283 g/mol. The molecule has 0 heterocycles. The number of nitrogens with two attached hydrogens (primary N) is 1. The molecule has 0 atom stereocenters. The number of halogens is 1. The zero-order chi connectivity index (χ0) is 13.8. The number of hydrogen-bond acceptors (Lipinski definition) is 4. The van der Waals surface area contributed by atoms with Gasteiger partial charge >= 0.3 is 0 Å². The Balaban J connectivity index is 2.19. The molecule has 1 aromatic rings. The van der Waals surface area contributed by atoms with Crippen molar-refractivity contribution in [3.63, 3.8) is 0 Å². The summed E-state index contributed by atoms with van der Waals surface area (Å²) < 4.78 is 10.9. The van der Waals surface area contributed by atoms with E-state index in [9.17, 15) is 4.79 Å². The number of benzene rings is 1. The van der Waals surface area contributed by atoms with Gasteiger partial charge in [0, 0.05) is 18.1 Å².